The zero-order valence-corrected chi connectivity index (χ0v) is 25.8. The number of amides is 1. The lowest BCUT2D eigenvalue weighted by atomic mass is 10.0. The number of nitrogens with zero attached hydrogens (tertiary/aromatic N) is 4. The fraction of sp³-hybridized carbons (Fsp3) is 0.424. The van der Waals surface area contributed by atoms with Crippen molar-refractivity contribution >= 4 is 23.2 Å². The minimum Gasteiger partial charge on any atom is -0.368 e. The fourth-order valence-corrected chi connectivity index (χ4v) is 6.46. The number of piperazine rings is 1. The normalized spacial score (nSPS) is 19.9. The lowest BCUT2D eigenvalue weighted by molar-refractivity contribution is -0.143. The SMILES string of the molecule is Cc1cccc(N2CCN(C(=O)[C@@H]3C[C@H](N(C)Cc4cc(C(F)(F)F)cc(C(F)(F)F)c4)CN3Cc3cccc(Cl)c3)CC2)c1. The van der Waals surface area contributed by atoms with Crippen molar-refractivity contribution in [3.63, 3.8) is 0 Å². The molecule has 2 aliphatic heterocycles. The van der Waals surface area contributed by atoms with Gasteiger partial charge in [-0.15, -0.1) is 0 Å². The third-order valence-electron chi connectivity index (χ3n) is 8.60. The van der Waals surface area contributed by atoms with Crippen LogP contribution in [0.5, 0.6) is 0 Å². The number of alkyl halides is 6. The second kappa shape index (κ2) is 13.2. The number of carbonyl (C=O) groups excluding carboxylic acids is 1. The molecule has 0 radical (unpaired) electrons. The van der Waals surface area contributed by atoms with Crippen LogP contribution >= 0.6 is 11.6 Å². The number of benzene rings is 3. The van der Waals surface area contributed by atoms with E-state index in [1.54, 1.807) is 18.0 Å². The van der Waals surface area contributed by atoms with Crippen molar-refractivity contribution < 1.29 is 31.1 Å². The highest BCUT2D eigenvalue weighted by Crippen LogP contribution is 2.37. The van der Waals surface area contributed by atoms with Gasteiger partial charge in [-0.1, -0.05) is 35.9 Å². The molecule has 0 aromatic heterocycles. The molecule has 0 unspecified atom stereocenters. The van der Waals surface area contributed by atoms with Crippen LogP contribution in [-0.4, -0.2) is 72.5 Å². The first-order valence-corrected chi connectivity index (χ1v) is 15.1. The van der Waals surface area contributed by atoms with Gasteiger partial charge in [0.2, 0.25) is 5.91 Å². The summed E-state index contributed by atoms with van der Waals surface area (Å²) in [5.41, 5.74) is 0.392. The summed E-state index contributed by atoms with van der Waals surface area (Å²) in [6.45, 7) is 5.16. The molecule has 2 aliphatic rings. The smallest absolute Gasteiger partial charge is 0.368 e. The number of aryl methyl sites for hydroxylation is 1. The van der Waals surface area contributed by atoms with Crippen molar-refractivity contribution in [2.24, 2.45) is 0 Å². The van der Waals surface area contributed by atoms with Gasteiger partial charge in [0, 0.05) is 62.6 Å². The maximum atomic E-state index is 14.0. The molecule has 2 saturated heterocycles. The molecule has 1 amide bonds. The number of halogens is 7. The van der Waals surface area contributed by atoms with Gasteiger partial charge < -0.3 is 9.80 Å². The van der Waals surface area contributed by atoms with Gasteiger partial charge >= 0.3 is 12.4 Å². The van der Waals surface area contributed by atoms with Gasteiger partial charge in [0.25, 0.3) is 0 Å². The molecule has 3 aromatic rings. The predicted molar refractivity (Wildman–Crippen MR) is 162 cm³/mol. The van der Waals surface area contributed by atoms with Crippen molar-refractivity contribution in [1.82, 2.24) is 14.7 Å². The molecule has 12 heteroatoms. The number of anilines is 1. The second-order valence-corrected chi connectivity index (χ2v) is 12.4. The number of rotatable bonds is 7. The fourth-order valence-electron chi connectivity index (χ4n) is 6.25. The van der Waals surface area contributed by atoms with Crippen LogP contribution in [0.4, 0.5) is 32.0 Å². The van der Waals surface area contributed by atoms with Crippen molar-refractivity contribution in [2.75, 3.05) is 44.7 Å². The van der Waals surface area contributed by atoms with E-state index in [0.29, 0.717) is 50.7 Å². The lowest BCUT2D eigenvalue weighted by Crippen LogP contribution is -2.53. The minimum absolute atomic E-state index is 0.0322. The largest absolute Gasteiger partial charge is 0.416 e. The molecule has 2 atom stereocenters. The first-order valence-electron chi connectivity index (χ1n) is 14.7. The van der Waals surface area contributed by atoms with E-state index in [-0.39, 0.29) is 30.1 Å². The molecule has 2 fully saturated rings. The van der Waals surface area contributed by atoms with Crippen LogP contribution in [0.3, 0.4) is 0 Å². The van der Waals surface area contributed by atoms with E-state index in [1.165, 1.54) is 0 Å². The number of likely N-dealkylation sites (N-methyl/N-ethyl adjacent to an activating group) is 1. The summed E-state index contributed by atoms with van der Waals surface area (Å²) in [5.74, 6) is -0.0322. The van der Waals surface area contributed by atoms with Crippen LogP contribution in [0, 0.1) is 6.92 Å². The van der Waals surface area contributed by atoms with E-state index in [2.05, 4.69) is 17.0 Å². The first kappa shape index (κ1) is 33.1. The highest BCUT2D eigenvalue weighted by Gasteiger charge is 2.41. The summed E-state index contributed by atoms with van der Waals surface area (Å²) >= 11 is 6.22. The van der Waals surface area contributed by atoms with Crippen LogP contribution in [-0.2, 0) is 30.2 Å². The number of hydrogen-bond acceptors (Lipinski definition) is 4. The Bertz CT molecular complexity index is 1470. The molecular formula is C33H35ClF6N4O. The van der Waals surface area contributed by atoms with E-state index >= 15 is 0 Å². The molecule has 5 nitrogen and oxygen atoms in total. The average Bonchev–Trinajstić information content (AvgIpc) is 3.39. The Morgan fingerprint density at radius 1 is 0.867 bits per heavy atom. The molecule has 45 heavy (non-hydrogen) atoms. The van der Waals surface area contributed by atoms with Crippen LogP contribution in [0.2, 0.25) is 5.02 Å². The summed E-state index contributed by atoms with van der Waals surface area (Å²) < 4.78 is 80.8. The zero-order chi connectivity index (χ0) is 32.5. The molecule has 2 heterocycles. The van der Waals surface area contributed by atoms with Gasteiger partial charge in [-0.25, -0.2) is 0 Å². The summed E-state index contributed by atoms with van der Waals surface area (Å²) in [5, 5.41) is 0.556. The van der Waals surface area contributed by atoms with Crippen LogP contribution in [0.15, 0.2) is 66.7 Å². The Kier molecular flexibility index (Phi) is 9.72. The van der Waals surface area contributed by atoms with E-state index in [1.807, 2.05) is 47.1 Å². The van der Waals surface area contributed by atoms with Gasteiger partial charge in [-0.3, -0.25) is 14.6 Å². The Morgan fingerprint density at radius 2 is 1.51 bits per heavy atom. The number of carbonyl (C=O) groups is 1. The average molecular weight is 653 g/mol. The monoisotopic (exact) mass is 652 g/mol. The van der Waals surface area contributed by atoms with E-state index < -0.39 is 29.5 Å². The molecule has 5 rings (SSSR count). The van der Waals surface area contributed by atoms with Crippen molar-refractivity contribution in [3.05, 3.63) is 99.6 Å². The lowest BCUT2D eigenvalue weighted by Gasteiger charge is -2.38. The highest BCUT2D eigenvalue weighted by molar-refractivity contribution is 6.30. The van der Waals surface area contributed by atoms with Crippen molar-refractivity contribution in [1.29, 1.82) is 0 Å². The highest BCUT2D eigenvalue weighted by atomic mass is 35.5. The number of likely N-dealkylation sites (tertiary alicyclic amines) is 1. The Balaban J connectivity index is 1.33. The van der Waals surface area contributed by atoms with Gasteiger partial charge in [-0.05, 0) is 79.5 Å². The first-order chi connectivity index (χ1) is 21.2. The van der Waals surface area contributed by atoms with E-state index in [4.69, 9.17) is 11.6 Å². The maximum Gasteiger partial charge on any atom is 0.416 e. The molecule has 0 N–H and O–H groups in total. The Morgan fingerprint density at radius 3 is 2.11 bits per heavy atom. The van der Waals surface area contributed by atoms with Crippen LogP contribution in [0.25, 0.3) is 0 Å². The van der Waals surface area contributed by atoms with Crippen LogP contribution in [0.1, 0.15) is 34.2 Å². The van der Waals surface area contributed by atoms with Gasteiger partial charge in [0.15, 0.2) is 0 Å². The molecule has 0 saturated carbocycles. The molecule has 0 spiro atoms. The summed E-state index contributed by atoms with van der Waals surface area (Å²) in [4.78, 5) is 21.8. The van der Waals surface area contributed by atoms with Crippen molar-refractivity contribution in [2.45, 2.75) is 50.9 Å². The molecular weight excluding hydrogens is 618 g/mol. The molecule has 3 aromatic carbocycles. The number of hydrogen-bond donors (Lipinski definition) is 0. The van der Waals surface area contributed by atoms with Crippen molar-refractivity contribution in [3.8, 4) is 0 Å². The van der Waals surface area contributed by atoms with E-state index in [0.717, 1.165) is 28.9 Å². The quantitative estimate of drug-likeness (QED) is 0.255. The van der Waals surface area contributed by atoms with Gasteiger partial charge in [0.05, 0.1) is 17.2 Å². The van der Waals surface area contributed by atoms with E-state index in [9.17, 15) is 31.1 Å². The molecule has 0 bridgehead atoms. The zero-order valence-electron chi connectivity index (χ0n) is 25.0. The second-order valence-electron chi connectivity index (χ2n) is 11.9. The molecule has 0 aliphatic carbocycles. The summed E-state index contributed by atoms with van der Waals surface area (Å²) in [7, 11) is 1.67. The minimum atomic E-state index is -4.92. The maximum absolute atomic E-state index is 14.0. The molecule has 242 valence electrons. The Labute approximate surface area is 264 Å². The van der Waals surface area contributed by atoms with Crippen LogP contribution < -0.4 is 4.90 Å². The van der Waals surface area contributed by atoms with Gasteiger partial charge in [0.1, 0.15) is 0 Å². The predicted octanol–water partition coefficient (Wildman–Crippen LogP) is 7.11. The summed E-state index contributed by atoms with van der Waals surface area (Å²) in [6.07, 6.45) is -9.45. The topological polar surface area (TPSA) is 30.0 Å². The third kappa shape index (κ3) is 8.12. The summed E-state index contributed by atoms with van der Waals surface area (Å²) in [6, 6.07) is 16.4. The standard InChI is InChI=1S/C33H35ClF6N4O/c1-22-5-3-8-28(13-22)42-9-11-43(12-10-42)31(45)30-18-29(21-44(30)20-23-6-4-7-27(34)16-23)41(2)19-24-14-25(32(35,36)37)17-26(15-24)33(38,39)40/h3-8,13-17,29-30H,9-12,18-21H2,1-2H3/t29-,30-/m0/s1. The Hall–Kier alpha value is -3.28. The third-order valence-corrected chi connectivity index (χ3v) is 8.84. The van der Waals surface area contributed by atoms with Gasteiger partial charge in [-0.2, -0.15) is 26.3 Å².